The van der Waals surface area contributed by atoms with Crippen molar-refractivity contribution in [3.8, 4) is 11.5 Å². The second-order valence-electron chi connectivity index (χ2n) is 8.02. The summed E-state index contributed by atoms with van der Waals surface area (Å²) in [6, 6.07) is 25.0. The lowest BCUT2D eigenvalue weighted by molar-refractivity contribution is 0.102. The number of ketones is 1. The van der Waals surface area contributed by atoms with Crippen LogP contribution in [0.1, 0.15) is 26.3 Å². The SMILES string of the molecule is O=C(Nc1cccc(C(=O)c2ccc3c(-c4nc5ncccc5[nH]4)n[nH]c3c2)c1)c1ccccc1. The first-order valence-electron chi connectivity index (χ1n) is 11.0. The van der Waals surface area contributed by atoms with Crippen molar-refractivity contribution in [1.29, 1.82) is 0 Å². The third kappa shape index (κ3) is 3.83. The molecule has 0 aliphatic heterocycles. The van der Waals surface area contributed by atoms with Gasteiger partial charge < -0.3 is 10.3 Å². The number of hydrogen-bond donors (Lipinski definition) is 3. The number of nitrogens with zero attached hydrogens (tertiary/aromatic N) is 3. The number of fused-ring (bicyclic) bond motifs is 2. The Kier molecular flexibility index (Phi) is 4.89. The van der Waals surface area contributed by atoms with Crippen molar-refractivity contribution >= 4 is 39.4 Å². The Morgan fingerprint density at radius 2 is 1.60 bits per heavy atom. The molecule has 0 aliphatic rings. The summed E-state index contributed by atoms with van der Waals surface area (Å²) in [5.74, 6) is 0.208. The molecular formula is C27H18N6O2. The molecule has 6 rings (SSSR count). The summed E-state index contributed by atoms with van der Waals surface area (Å²) in [5.41, 5.74) is 4.88. The topological polar surface area (TPSA) is 116 Å². The fraction of sp³-hybridized carbons (Fsp3) is 0. The summed E-state index contributed by atoms with van der Waals surface area (Å²) >= 11 is 0. The molecule has 35 heavy (non-hydrogen) atoms. The van der Waals surface area contributed by atoms with Gasteiger partial charge in [-0.3, -0.25) is 14.7 Å². The van der Waals surface area contributed by atoms with Crippen molar-refractivity contribution < 1.29 is 9.59 Å². The largest absolute Gasteiger partial charge is 0.335 e. The van der Waals surface area contributed by atoms with Gasteiger partial charge in [-0.25, -0.2) is 9.97 Å². The normalized spacial score (nSPS) is 11.1. The monoisotopic (exact) mass is 458 g/mol. The van der Waals surface area contributed by atoms with Crippen LogP contribution in [0, 0.1) is 0 Å². The number of nitrogens with one attached hydrogen (secondary N) is 3. The standard InChI is InChI=1S/C27H18N6O2/c34-24(17-8-4-9-19(14-17)29-27(35)16-6-2-1-3-7-16)18-11-12-20-22(15-18)32-33-23(20)26-30-21-10-5-13-28-25(21)31-26/h1-15H,(H,29,35)(H,32,33)(H,28,30,31). The van der Waals surface area contributed by atoms with E-state index >= 15 is 0 Å². The lowest BCUT2D eigenvalue weighted by Crippen LogP contribution is -2.12. The van der Waals surface area contributed by atoms with Crippen LogP contribution in [0.3, 0.4) is 0 Å². The Bertz CT molecular complexity index is 1690. The van der Waals surface area contributed by atoms with Gasteiger partial charge in [0.1, 0.15) is 5.69 Å². The van der Waals surface area contributed by atoms with Crippen molar-refractivity contribution in [2.24, 2.45) is 0 Å². The molecule has 3 N–H and O–H groups in total. The highest BCUT2D eigenvalue weighted by molar-refractivity contribution is 6.12. The molecule has 0 saturated carbocycles. The Hall–Kier alpha value is -5.11. The molecule has 0 aliphatic carbocycles. The molecule has 8 nitrogen and oxygen atoms in total. The first kappa shape index (κ1) is 20.5. The predicted molar refractivity (Wildman–Crippen MR) is 133 cm³/mol. The van der Waals surface area contributed by atoms with E-state index in [-0.39, 0.29) is 11.7 Å². The number of aromatic amines is 2. The van der Waals surface area contributed by atoms with Crippen LogP contribution < -0.4 is 5.32 Å². The maximum absolute atomic E-state index is 13.2. The molecule has 0 atom stereocenters. The van der Waals surface area contributed by atoms with Crippen LogP contribution in [-0.2, 0) is 0 Å². The highest BCUT2D eigenvalue weighted by Gasteiger charge is 2.16. The molecule has 168 valence electrons. The number of carbonyl (C=O) groups excluding carboxylic acids is 2. The fourth-order valence-electron chi connectivity index (χ4n) is 4.00. The van der Waals surface area contributed by atoms with Crippen LogP contribution in [0.5, 0.6) is 0 Å². The van der Waals surface area contributed by atoms with Crippen LogP contribution in [0.15, 0.2) is 91.1 Å². The molecular weight excluding hydrogens is 440 g/mol. The third-order valence-electron chi connectivity index (χ3n) is 5.73. The summed E-state index contributed by atoms with van der Waals surface area (Å²) in [5, 5.41) is 11.1. The molecule has 0 bridgehead atoms. The van der Waals surface area contributed by atoms with Gasteiger partial charge in [0, 0.05) is 34.0 Å². The van der Waals surface area contributed by atoms with E-state index in [1.165, 1.54) is 0 Å². The van der Waals surface area contributed by atoms with Crippen molar-refractivity contribution in [3.05, 3.63) is 108 Å². The summed E-state index contributed by atoms with van der Waals surface area (Å²) in [6.07, 6.45) is 1.69. The van der Waals surface area contributed by atoms with Gasteiger partial charge in [0.2, 0.25) is 0 Å². The number of pyridine rings is 1. The predicted octanol–water partition coefficient (Wildman–Crippen LogP) is 4.98. The van der Waals surface area contributed by atoms with Crippen LogP contribution in [0.25, 0.3) is 33.6 Å². The van der Waals surface area contributed by atoms with E-state index < -0.39 is 0 Å². The molecule has 0 spiro atoms. The maximum Gasteiger partial charge on any atom is 0.255 e. The molecule has 0 fully saturated rings. The Morgan fingerprint density at radius 3 is 2.46 bits per heavy atom. The summed E-state index contributed by atoms with van der Waals surface area (Å²) < 4.78 is 0. The minimum Gasteiger partial charge on any atom is -0.335 e. The van der Waals surface area contributed by atoms with Crippen LogP contribution in [-0.4, -0.2) is 36.8 Å². The van der Waals surface area contributed by atoms with Crippen molar-refractivity contribution in [3.63, 3.8) is 0 Å². The zero-order chi connectivity index (χ0) is 23.8. The summed E-state index contributed by atoms with van der Waals surface area (Å²) in [4.78, 5) is 37.7. The highest BCUT2D eigenvalue weighted by Crippen LogP contribution is 2.27. The number of imidazole rings is 1. The van der Waals surface area contributed by atoms with Gasteiger partial charge in [-0.15, -0.1) is 0 Å². The van der Waals surface area contributed by atoms with Gasteiger partial charge in [-0.05, 0) is 48.5 Å². The van der Waals surface area contributed by atoms with Gasteiger partial charge in [0.15, 0.2) is 17.3 Å². The summed E-state index contributed by atoms with van der Waals surface area (Å²) in [7, 11) is 0. The fourth-order valence-corrected chi connectivity index (χ4v) is 4.00. The lowest BCUT2D eigenvalue weighted by Gasteiger charge is -2.07. The second-order valence-corrected chi connectivity index (χ2v) is 8.02. The first-order valence-corrected chi connectivity index (χ1v) is 11.0. The molecule has 3 heterocycles. The van der Waals surface area contributed by atoms with Crippen molar-refractivity contribution in [2.45, 2.75) is 0 Å². The van der Waals surface area contributed by atoms with E-state index in [1.807, 2.05) is 24.3 Å². The average Bonchev–Trinajstić information content (AvgIpc) is 3.52. The Morgan fingerprint density at radius 1 is 0.771 bits per heavy atom. The third-order valence-corrected chi connectivity index (χ3v) is 5.73. The van der Waals surface area contributed by atoms with Gasteiger partial charge in [-0.2, -0.15) is 5.10 Å². The molecule has 0 saturated heterocycles. The number of rotatable bonds is 5. The van der Waals surface area contributed by atoms with Gasteiger partial charge in [0.25, 0.3) is 5.91 Å². The lowest BCUT2D eigenvalue weighted by atomic mass is 10.0. The van der Waals surface area contributed by atoms with Crippen molar-refractivity contribution in [2.75, 3.05) is 5.32 Å². The molecule has 0 unspecified atom stereocenters. The zero-order valence-electron chi connectivity index (χ0n) is 18.3. The second kappa shape index (κ2) is 8.35. The first-order chi connectivity index (χ1) is 17.2. The number of carbonyl (C=O) groups is 2. The van der Waals surface area contributed by atoms with Crippen LogP contribution in [0.2, 0.25) is 0 Å². The molecule has 6 aromatic rings. The average molecular weight is 458 g/mol. The number of amides is 1. The van der Waals surface area contributed by atoms with Crippen molar-refractivity contribution in [1.82, 2.24) is 25.1 Å². The smallest absolute Gasteiger partial charge is 0.255 e. The number of anilines is 1. The van der Waals surface area contributed by atoms with E-state index in [4.69, 9.17) is 0 Å². The Labute approximate surface area is 199 Å². The minimum atomic E-state index is -0.234. The van der Waals surface area contributed by atoms with Crippen LogP contribution >= 0.6 is 0 Å². The minimum absolute atomic E-state index is 0.160. The zero-order valence-corrected chi connectivity index (χ0v) is 18.3. The quantitative estimate of drug-likeness (QED) is 0.315. The molecule has 3 aromatic heterocycles. The van der Waals surface area contributed by atoms with E-state index in [1.54, 1.807) is 66.9 Å². The number of aromatic nitrogens is 5. The molecule has 3 aromatic carbocycles. The molecule has 8 heteroatoms. The van der Waals surface area contributed by atoms with E-state index in [0.29, 0.717) is 45.1 Å². The van der Waals surface area contributed by atoms with Crippen LogP contribution in [0.4, 0.5) is 5.69 Å². The summed E-state index contributed by atoms with van der Waals surface area (Å²) in [6.45, 7) is 0. The maximum atomic E-state index is 13.2. The van der Waals surface area contributed by atoms with E-state index in [0.717, 1.165) is 10.9 Å². The van der Waals surface area contributed by atoms with E-state index in [9.17, 15) is 9.59 Å². The number of hydrogen-bond acceptors (Lipinski definition) is 5. The molecule has 0 radical (unpaired) electrons. The number of H-pyrrole nitrogens is 2. The van der Waals surface area contributed by atoms with Gasteiger partial charge in [0.05, 0.1) is 11.0 Å². The van der Waals surface area contributed by atoms with E-state index in [2.05, 4.69) is 30.5 Å². The van der Waals surface area contributed by atoms with Gasteiger partial charge in [-0.1, -0.05) is 36.4 Å². The number of benzene rings is 3. The molecule has 1 amide bonds. The Balaban J connectivity index is 1.27. The van der Waals surface area contributed by atoms with Gasteiger partial charge >= 0.3 is 0 Å². The highest BCUT2D eigenvalue weighted by atomic mass is 16.1.